The quantitative estimate of drug-likeness (QED) is 0.553. The van der Waals surface area contributed by atoms with Crippen molar-refractivity contribution in [2.45, 2.75) is 26.7 Å². The molecule has 0 aromatic carbocycles. The highest BCUT2D eigenvalue weighted by atomic mass is 16.2. The van der Waals surface area contributed by atoms with Gasteiger partial charge in [-0.3, -0.25) is 9.20 Å². The molecule has 0 aliphatic carbocycles. The standard InChI is InChI=1S/C22H25N7O/c1-15(2)11-24-22-25-12-18-17(7-10-29(18)26-22)16-5-6-20-23-13-19(28(20)14-16)21(30)27-8-3-4-9-27/h5-7,10,12-15H,3-4,8-9,11H2,1-2H3,(H,24,26). The van der Waals surface area contributed by atoms with Crippen molar-refractivity contribution in [3.63, 3.8) is 0 Å². The lowest BCUT2D eigenvalue weighted by molar-refractivity contribution is 0.0786. The Labute approximate surface area is 174 Å². The highest BCUT2D eigenvalue weighted by Gasteiger charge is 2.22. The second kappa shape index (κ2) is 7.44. The van der Waals surface area contributed by atoms with Gasteiger partial charge < -0.3 is 10.2 Å². The molecule has 154 valence electrons. The summed E-state index contributed by atoms with van der Waals surface area (Å²) in [6.07, 6.45) is 9.55. The molecule has 8 heteroatoms. The first-order valence-corrected chi connectivity index (χ1v) is 10.4. The molecule has 1 amide bonds. The van der Waals surface area contributed by atoms with Gasteiger partial charge in [-0.2, -0.15) is 0 Å². The Morgan fingerprint density at radius 2 is 1.97 bits per heavy atom. The summed E-state index contributed by atoms with van der Waals surface area (Å²) in [5.41, 5.74) is 4.29. The Morgan fingerprint density at radius 1 is 1.13 bits per heavy atom. The largest absolute Gasteiger partial charge is 0.353 e. The fourth-order valence-electron chi connectivity index (χ4n) is 3.90. The van der Waals surface area contributed by atoms with Crippen LogP contribution in [0.1, 0.15) is 37.2 Å². The van der Waals surface area contributed by atoms with Crippen LogP contribution in [0.5, 0.6) is 0 Å². The van der Waals surface area contributed by atoms with Gasteiger partial charge in [-0.15, -0.1) is 5.10 Å². The van der Waals surface area contributed by atoms with Crippen LogP contribution in [0.4, 0.5) is 5.95 Å². The van der Waals surface area contributed by atoms with Crippen LogP contribution in [0.15, 0.2) is 43.0 Å². The maximum absolute atomic E-state index is 12.9. The Balaban J connectivity index is 1.50. The van der Waals surface area contributed by atoms with Crippen LogP contribution in [0, 0.1) is 5.92 Å². The zero-order valence-corrected chi connectivity index (χ0v) is 17.2. The molecule has 4 aromatic rings. The van der Waals surface area contributed by atoms with E-state index >= 15 is 0 Å². The Kier molecular flexibility index (Phi) is 4.61. The second-order valence-electron chi connectivity index (χ2n) is 8.20. The number of pyridine rings is 1. The van der Waals surface area contributed by atoms with Crippen LogP contribution in [-0.2, 0) is 0 Å². The lowest BCUT2D eigenvalue weighted by Gasteiger charge is -2.14. The molecule has 1 saturated heterocycles. The molecule has 0 spiro atoms. The Hall–Kier alpha value is -3.42. The summed E-state index contributed by atoms with van der Waals surface area (Å²) in [6.45, 7) is 6.76. The molecule has 0 saturated carbocycles. The van der Waals surface area contributed by atoms with Gasteiger partial charge in [-0.05, 0) is 37.0 Å². The first kappa shape index (κ1) is 18.6. The van der Waals surface area contributed by atoms with Gasteiger partial charge in [-0.25, -0.2) is 14.5 Å². The Bertz CT molecular complexity index is 1220. The minimum Gasteiger partial charge on any atom is -0.353 e. The third-order valence-electron chi connectivity index (χ3n) is 5.51. The highest BCUT2D eigenvalue weighted by molar-refractivity contribution is 5.93. The van der Waals surface area contributed by atoms with E-state index in [4.69, 9.17) is 0 Å². The van der Waals surface area contributed by atoms with E-state index in [1.165, 1.54) is 0 Å². The van der Waals surface area contributed by atoms with Crippen molar-refractivity contribution in [1.82, 2.24) is 28.9 Å². The zero-order chi connectivity index (χ0) is 20.7. The van der Waals surface area contributed by atoms with Gasteiger partial charge in [0.05, 0.1) is 17.9 Å². The molecule has 0 unspecified atom stereocenters. The number of hydrogen-bond donors (Lipinski definition) is 1. The van der Waals surface area contributed by atoms with Crippen molar-refractivity contribution >= 4 is 23.0 Å². The summed E-state index contributed by atoms with van der Waals surface area (Å²) in [5, 5.41) is 7.81. The first-order valence-electron chi connectivity index (χ1n) is 10.4. The van der Waals surface area contributed by atoms with Gasteiger partial charge in [-0.1, -0.05) is 13.8 Å². The third kappa shape index (κ3) is 3.28. The SMILES string of the molecule is CC(C)CNc1ncc2c(-c3ccc4ncc(C(=O)N5CCCC5)n4c3)ccn2n1. The fourth-order valence-corrected chi connectivity index (χ4v) is 3.90. The summed E-state index contributed by atoms with van der Waals surface area (Å²) in [7, 11) is 0. The molecule has 0 bridgehead atoms. The van der Waals surface area contributed by atoms with Crippen LogP contribution in [0.3, 0.4) is 0 Å². The number of carbonyl (C=O) groups excluding carboxylic acids is 1. The number of likely N-dealkylation sites (tertiary alicyclic amines) is 1. The molecule has 1 N–H and O–H groups in total. The number of nitrogens with one attached hydrogen (secondary N) is 1. The van der Waals surface area contributed by atoms with E-state index in [1.807, 2.05) is 50.6 Å². The number of hydrogen-bond acceptors (Lipinski definition) is 5. The molecule has 1 aliphatic rings. The van der Waals surface area contributed by atoms with Crippen LogP contribution in [0.2, 0.25) is 0 Å². The molecule has 5 rings (SSSR count). The number of rotatable bonds is 5. The summed E-state index contributed by atoms with van der Waals surface area (Å²) in [6, 6.07) is 5.99. The van der Waals surface area contributed by atoms with Crippen molar-refractivity contribution in [2.24, 2.45) is 5.92 Å². The van der Waals surface area contributed by atoms with Gasteiger partial charge in [0.2, 0.25) is 5.95 Å². The minimum absolute atomic E-state index is 0.0445. The molecule has 0 atom stereocenters. The van der Waals surface area contributed by atoms with E-state index in [1.54, 1.807) is 6.20 Å². The lowest BCUT2D eigenvalue weighted by Crippen LogP contribution is -2.28. The van der Waals surface area contributed by atoms with E-state index in [2.05, 4.69) is 34.2 Å². The van der Waals surface area contributed by atoms with E-state index in [-0.39, 0.29) is 5.91 Å². The van der Waals surface area contributed by atoms with Crippen LogP contribution >= 0.6 is 0 Å². The van der Waals surface area contributed by atoms with Crippen molar-refractivity contribution in [3.8, 4) is 11.1 Å². The molecule has 30 heavy (non-hydrogen) atoms. The number of anilines is 1. The van der Waals surface area contributed by atoms with E-state index in [9.17, 15) is 4.79 Å². The second-order valence-corrected chi connectivity index (χ2v) is 8.20. The summed E-state index contributed by atoms with van der Waals surface area (Å²) >= 11 is 0. The molecule has 1 aliphatic heterocycles. The fraction of sp³-hybridized carbons (Fsp3) is 0.364. The van der Waals surface area contributed by atoms with Crippen molar-refractivity contribution in [1.29, 1.82) is 0 Å². The predicted molar refractivity (Wildman–Crippen MR) is 116 cm³/mol. The van der Waals surface area contributed by atoms with Crippen LogP contribution in [0.25, 0.3) is 22.3 Å². The summed E-state index contributed by atoms with van der Waals surface area (Å²) in [4.78, 5) is 23.7. The average molecular weight is 403 g/mol. The topological polar surface area (TPSA) is 79.8 Å². The first-order chi connectivity index (χ1) is 14.6. The van der Waals surface area contributed by atoms with Crippen molar-refractivity contribution in [2.75, 3.05) is 25.0 Å². The van der Waals surface area contributed by atoms with Crippen molar-refractivity contribution in [3.05, 3.63) is 48.7 Å². The molecular formula is C22H25N7O. The maximum Gasteiger partial charge on any atom is 0.272 e. The van der Waals surface area contributed by atoms with Crippen LogP contribution in [-0.4, -0.2) is 54.4 Å². The third-order valence-corrected chi connectivity index (χ3v) is 5.51. The lowest BCUT2D eigenvalue weighted by atomic mass is 10.1. The number of fused-ring (bicyclic) bond motifs is 2. The zero-order valence-electron chi connectivity index (χ0n) is 17.2. The van der Waals surface area contributed by atoms with E-state index in [0.29, 0.717) is 17.6 Å². The van der Waals surface area contributed by atoms with E-state index in [0.717, 1.165) is 54.8 Å². The highest BCUT2D eigenvalue weighted by Crippen LogP contribution is 2.26. The molecule has 1 fully saturated rings. The van der Waals surface area contributed by atoms with Gasteiger partial charge in [0.1, 0.15) is 11.3 Å². The predicted octanol–water partition coefficient (Wildman–Crippen LogP) is 3.35. The number of nitrogens with zero attached hydrogens (tertiary/aromatic N) is 6. The molecule has 4 aromatic heterocycles. The average Bonchev–Trinajstić information content (AvgIpc) is 3.50. The maximum atomic E-state index is 12.9. The summed E-state index contributed by atoms with van der Waals surface area (Å²) in [5.74, 6) is 1.17. The molecule has 5 heterocycles. The molecule has 8 nitrogen and oxygen atoms in total. The normalized spacial score (nSPS) is 14.3. The Morgan fingerprint density at radius 3 is 2.77 bits per heavy atom. The van der Waals surface area contributed by atoms with Crippen LogP contribution < -0.4 is 5.32 Å². The van der Waals surface area contributed by atoms with Gasteiger partial charge in [0.15, 0.2) is 0 Å². The van der Waals surface area contributed by atoms with Gasteiger partial charge >= 0.3 is 0 Å². The smallest absolute Gasteiger partial charge is 0.272 e. The van der Waals surface area contributed by atoms with Gasteiger partial charge in [0.25, 0.3) is 5.91 Å². The molecular weight excluding hydrogens is 378 g/mol. The van der Waals surface area contributed by atoms with Gasteiger partial charge in [0, 0.05) is 43.2 Å². The number of amides is 1. The number of imidazole rings is 1. The minimum atomic E-state index is 0.0445. The molecule has 0 radical (unpaired) electrons. The summed E-state index contributed by atoms with van der Waals surface area (Å²) < 4.78 is 3.72. The number of carbonyl (C=O) groups is 1. The number of aromatic nitrogens is 5. The van der Waals surface area contributed by atoms with E-state index < -0.39 is 0 Å². The monoisotopic (exact) mass is 403 g/mol. The van der Waals surface area contributed by atoms with Crippen molar-refractivity contribution < 1.29 is 4.79 Å².